The van der Waals surface area contributed by atoms with Gasteiger partial charge in [-0.2, -0.15) is 0 Å². The predicted molar refractivity (Wildman–Crippen MR) is 133 cm³/mol. The van der Waals surface area contributed by atoms with Crippen molar-refractivity contribution in [3.05, 3.63) is 87.8 Å². The maximum Gasteiger partial charge on any atom is 0.264 e. The highest BCUT2D eigenvalue weighted by Crippen LogP contribution is 2.36. The topological polar surface area (TPSA) is 69.2 Å². The van der Waals surface area contributed by atoms with Gasteiger partial charge < -0.3 is 19.5 Å². The highest BCUT2D eigenvalue weighted by Gasteiger charge is 2.25. The number of nitrogens with zero attached hydrogens (tertiary/aromatic N) is 1. The van der Waals surface area contributed by atoms with Crippen LogP contribution in [0.3, 0.4) is 0 Å². The number of para-hydroxylation sites is 1. The van der Waals surface area contributed by atoms with E-state index in [4.69, 9.17) is 25.8 Å². The minimum atomic E-state index is -0.230. The van der Waals surface area contributed by atoms with E-state index in [-0.39, 0.29) is 12.5 Å². The van der Waals surface area contributed by atoms with Crippen molar-refractivity contribution in [2.45, 2.75) is 6.61 Å². The van der Waals surface area contributed by atoms with E-state index in [1.165, 1.54) is 11.8 Å². The standard InChI is InChI=1S/C25H21ClN2O4S/c1-30-19-12-10-18(11-13-19)27-25-28-24(29)22(33-25)14-16-7-5-9-21(31-2)23(16)32-15-17-6-3-4-8-20(17)26/h3-14H,15H2,1-2H3,(H,27,28,29)/b22-14-. The van der Waals surface area contributed by atoms with Crippen LogP contribution in [0.15, 0.2) is 76.6 Å². The minimum Gasteiger partial charge on any atom is -0.497 e. The molecule has 0 aromatic heterocycles. The van der Waals surface area contributed by atoms with Crippen molar-refractivity contribution < 1.29 is 19.0 Å². The van der Waals surface area contributed by atoms with Crippen molar-refractivity contribution in [2.75, 3.05) is 14.2 Å². The lowest BCUT2D eigenvalue weighted by Crippen LogP contribution is -2.19. The summed E-state index contributed by atoms with van der Waals surface area (Å²) in [5.74, 6) is 1.60. The first-order chi connectivity index (χ1) is 16.1. The van der Waals surface area contributed by atoms with Gasteiger partial charge in [-0.25, -0.2) is 4.99 Å². The Hall–Kier alpha value is -3.42. The van der Waals surface area contributed by atoms with Gasteiger partial charge in [-0.1, -0.05) is 41.9 Å². The Morgan fingerprint density at radius 1 is 1.00 bits per heavy atom. The molecule has 0 radical (unpaired) electrons. The van der Waals surface area contributed by atoms with Crippen molar-refractivity contribution in [1.82, 2.24) is 5.32 Å². The summed E-state index contributed by atoms with van der Waals surface area (Å²) >= 11 is 7.52. The third-order valence-corrected chi connectivity index (χ3v) is 6.08. The maximum absolute atomic E-state index is 12.6. The average Bonchev–Trinajstić information content (AvgIpc) is 3.17. The van der Waals surface area contributed by atoms with Gasteiger partial charge in [-0.15, -0.1) is 0 Å². The molecule has 1 aliphatic rings. The smallest absolute Gasteiger partial charge is 0.264 e. The Kier molecular flexibility index (Phi) is 7.22. The number of hydrogen-bond acceptors (Lipinski definition) is 6. The van der Waals surface area contributed by atoms with Gasteiger partial charge in [0.05, 0.1) is 24.8 Å². The first-order valence-corrected chi connectivity index (χ1v) is 11.2. The van der Waals surface area contributed by atoms with Crippen LogP contribution in [0.4, 0.5) is 5.69 Å². The zero-order chi connectivity index (χ0) is 23.2. The number of thioether (sulfide) groups is 1. The zero-order valence-electron chi connectivity index (χ0n) is 18.0. The van der Waals surface area contributed by atoms with E-state index >= 15 is 0 Å². The van der Waals surface area contributed by atoms with Crippen LogP contribution in [0, 0.1) is 0 Å². The largest absolute Gasteiger partial charge is 0.497 e. The van der Waals surface area contributed by atoms with E-state index in [0.29, 0.717) is 37.8 Å². The van der Waals surface area contributed by atoms with Gasteiger partial charge in [-0.3, -0.25) is 4.79 Å². The van der Waals surface area contributed by atoms with Crippen LogP contribution < -0.4 is 19.5 Å². The fourth-order valence-electron chi connectivity index (χ4n) is 3.12. The van der Waals surface area contributed by atoms with Crippen LogP contribution in [0.5, 0.6) is 17.2 Å². The van der Waals surface area contributed by atoms with Crippen molar-refractivity contribution >= 4 is 46.2 Å². The molecule has 0 spiro atoms. The Balaban J connectivity index is 1.58. The number of aliphatic imine (C=N–C) groups is 1. The molecule has 8 heteroatoms. The monoisotopic (exact) mass is 480 g/mol. The summed E-state index contributed by atoms with van der Waals surface area (Å²) in [5, 5.41) is 3.92. The maximum atomic E-state index is 12.6. The zero-order valence-corrected chi connectivity index (χ0v) is 19.6. The van der Waals surface area contributed by atoms with Gasteiger partial charge >= 0.3 is 0 Å². The molecule has 3 aromatic rings. The number of nitrogens with one attached hydrogen (secondary N) is 1. The number of amides is 1. The summed E-state index contributed by atoms with van der Waals surface area (Å²) in [5.41, 5.74) is 2.28. The Morgan fingerprint density at radius 3 is 2.52 bits per heavy atom. The van der Waals surface area contributed by atoms with Crippen LogP contribution in [0.2, 0.25) is 5.02 Å². The summed E-state index contributed by atoms with van der Waals surface area (Å²) in [4.78, 5) is 17.6. The van der Waals surface area contributed by atoms with Crippen LogP contribution in [-0.4, -0.2) is 25.3 Å². The number of hydrogen-bond donors (Lipinski definition) is 1. The number of halogens is 1. The van der Waals surface area contributed by atoms with E-state index < -0.39 is 0 Å². The molecule has 168 valence electrons. The van der Waals surface area contributed by atoms with Crippen molar-refractivity contribution in [3.8, 4) is 17.2 Å². The second-order valence-corrected chi connectivity index (χ2v) is 8.38. The van der Waals surface area contributed by atoms with Gasteiger partial charge in [0.25, 0.3) is 5.91 Å². The first kappa shape index (κ1) is 22.8. The van der Waals surface area contributed by atoms with E-state index in [9.17, 15) is 4.79 Å². The second-order valence-electron chi connectivity index (χ2n) is 6.94. The molecule has 1 N–H and O–H groups in total. The third kappa shape index (κ3) is 5.50. The lowest BCUT2D eigenvalue weighted by atomic mass is 10.1. The molecule has 0 unspecified atom stereocenters. The molecule has 33 heavy (non-hydrogen) atoms. The van der Waals surface area contributed by atoms with Crippen LogP contribution in [-0.2, 0) is 11.4 Å². The van der Waals surface area contributed by atoms with Gasteiger partial charge in [0.2, 0.25) is 0 Å². The summed E-state index contributed by atoms with van der Waals surface area (Å²) in [6.45, 7) is 0.264. The molecule has 1 fully saturated rings. The number of methoxy groups -OCH3 is 2. The highest BCUT2D eigenvalue weighted by molar-refractivity contribution is 8.18. The van der Waals surface area contributed by atoms with E-state index in [1.807, 2.05) is 66.7 Å². The Morgan fingerprint density at radius 2 is 1.79 bits per heavy atom. The molecule has 0 bridgehead atoms. The Bertz CT molecular complexity index is 1230. The molecule has 1 heterocycles. The molecule has 0 saturated carbocycles. The fraction of sp³-hybridized carbons (Fsp3) is 0.120. The van der Waals surface area contributed by atoms with Crippen molar-refractivity contribution in [2.24, 2.45) is 4.99 Å². The molecule has 1 saturated heterocycles. The van der Waals surface area contributed by atoms with E-state index in [2.05, 4.69) is 10.3 Å². The van der Waals surface area contributed by atoms with E-state index in [1.54, 1.807) is 20.3 Å². The molecule has 4 rings (SSSR count). The van der Waals surface area contributed by atoms with Gasteiger partial charge in [0, 0.05) is 16.1 Å². The SMILES string of the molecule is COc1ccc(N=C2NC(=O)/C(=C/c3cccc(OC)c3OCc3ccccc3Cl)S2)cc1. The number of carbonyl (C=O) groups excluding carboxylic acids is 1. The van der Waals surface area contributed by atoms with Gasteiger partial charge in [0.15, 0.2) is 16.7 Å². The summed E-state index contributed by atoms with van der Waals surface area (Å²) in [6.07, 6.45) is 1.76. The number of ether oxygens (including phenoxy) is 3. The van der Waals surface area contributed by atoms with Gasteiger partial charge in [-0.05, 0) is 54.2 Å². The lowest BCUT2D eigenvalue weighted by Gasteiger charge is -2.14. The molecule has 0 aliphatic carbocycles. The number of rotatable bonds is 7. The van der Waals surface area contributed by atoms with Crippen molar-refractivity contribution in [1.29, 1.82) is 0 Å². The molecular formula is C25H21ClN2O4S. The van der Waals surface area contributed by atoms with Crippen molar-refractivity contribution in [3.63, 3.8) is 0 Å². The second kappa shape index (κ2) is 10.5. The van der Waals surface area contributed by atoms with Crippen LogP contribution in [0.1, 0.15) is 11.1 Å². The summed E-state index contributed by atoms with van der Waals surface area (Å²) in [7, 11) is 3.18. The summed E-state index contributed by atoms with van der Waals surface area (Å²) < 4.78 is 16.7. The molecule has 6 nitrogen and oxygen atoms in total. The quantitative estimate of drug-likeness (QED) is 0.431. The Labute approximate surface area is 201 Å². The number of amidine groups is 1. The molecule has 1 amide bonds. The lowest BCUT2D eigenvalue weighted by molar-refractivity contribution is -0.115. The van der Waals surface area contributed by atoms with Gasteiger partial charge in [0.1, 0.15) is 12.4 Å². The fourth-order valence-corrected chi connectivity index (χ4v) is 4.15. The normalized spacial score (nSPS) is 15.5. The first-order valence-electron chi connectivity index (χ1n) is 10.0. The van der Waals surface area contributed by atoms with Crippen LogP contribution in [0.25, 0.3) is 6.08 Å². The van der Waals surface area contributed by atoms with E-state index in [0.717, 1.165) is 11.3 Å². The molecule has 0 atom stereocenters. The number of benzene rings is 3. The molecular weight excluding hydrogens is 460 g/mol. The van der Waals surface area contributed by atoms with Crippen LogP contribution >= 0.6 is 23.4 Å². The average molecular weight is 481 g/mol. The highest BCUT2D eigenvalue weighted by atomic mass is 35.5. The predicted octanol–water partition coefficient (Wildman–Crippen LogP) is 5.83. The number of carbonyl (C=O) groups is 1. The summed E-state index contributed by atoms with van der Waals surface area (Å²) in [6, 6.07) is 20.3. The minimum absolute atomic E-state index is 0.230. The third-order valence-electron chi connectivity index (χ3n) is 4.80. The molecule has 3 aromatic carbocycles. The molecule has 1 aliphatic heterocycles.